The first kappa shape index (κ1) is 20.6. The van der Waals surface area contributed by atoms with Crippen molar-refractivity contribution < 1.29 is 19.1 Å². The van der Waals surface area contributed by atoms with E-state index in [1.165, 1.54) is 0 Å². The fourth-order valence-electron chi connectivity index (χ4n) is 2.69. The van der Waals surface area contributed by atoms with Gasteiger partial charge in [0, 0.05) is 16.7 Å². The monoisotopic (exact) mass is 403 g/mol. The second-order valence-electron chi connectivity index (χ2n) is 6.27. The number of nitrogens with one attached hydrogen (secondary N) is 1. The molecule has 0 unspecified atom stereocenters. The van der Waals surface area contributed by atoms with Crippen LogP contribution in [-0.4, -0.2) is 24.8 Å². The van der Waals surface area contributed by atoms with Crippen LogP contribution in [0.5, 0.6) is 5.75 Å². The number of esters is 1. The van der Waals surface area contributed by atoms with Gasteiger partial charge in [0.25, 0.3) is 5.91 Å². The Morgan fingerprint density at radius 1 is 0.933 bits per heavy atom. The third kappa shape index (κ3) is 5.23. The van der Waals surface area contributed by atoms with Crippen molar-refractivity contribution in [3.05, 3.63) is 101 Å². The Kier molecular flexibility index (Phi) is 6.78. The molecule has 0 fully saturated rings. The van der Waals surface area contributed by atoms with E-state index in [0.717, 1.165) is 0 Å². The lowest BCUT2D eigenvalue weighted by Gasteiger charge is -2.10. The summed E-state index contributed by atoms with van der Waals surface area (Å²) in [6.45, 7) is -0.0492. The highest BCUT2D eigenvalue weighted by Gasteiger charge is 2.13. The first-order valence-corrected chi connectivity index (χ1v) is 9.16. The molecule has 152 valence electrons. The lowest BCUT2D eigenvalue weighted by Crippen LogP contribution is -2.25. The molecule has 0 bridgehead atoms. The summed E-state index contributed by atoms with van der Waals surface area (Å²) in [4.78, 5) is 24.8. The highest BCUT2D eigenvalue weighted by Crippen LogP contribution is 2.13. The van der Waals surface area contributed by atoms with Crippen LogP contribution in [0.4, 0.5) is 0 Å². The number of rotatable bonds is 7. The van der Waals surface area contributed by atoms with E-state index in [0.29, 0.717) is 28.0 Å². The van der Waals surface area contributed by atoms with Crippen LogP contribution in [0.15, 0.2) is 84.0 Å². The summed E-state index contributed by atoms with van der Waals surface area (Å²) < 4.78 is 10.5. The topological polar surface area (TPSA) is 103 Å². The van der Waals surface area contributed by atoms with Crippen molar-refractivity contribution in [1.82, 2.24) is 5.43 Å². The number of ether oxygens (including phenoxy) is 2. The van der Waals surface area contributed by atoms with Crippen molar-refractivity contribution >= 4 is 17.7 Å². The summed E-state index contributed by atoms with van der Waals surface area (Å²) in [5.74, 6) is -0.170. The van der Waals surface area contributed by atoms with Gasteiger partial charge in [-0.25, -0.2) is 10.2 Å². The number of benzene rings is 3. The zero-order chi connectivity index (χ0) is 21.3. The maximum absolute atomic E-state index is 12.6. The van der Waals surface area contributed by atoms with Crippen LogP contribution in [0.3, 0.4) is 0 Å². The normalized spacial score (nSPS) is 10.9. The summed E-state index contributed by atoms with van der Waals surface area (Å²) >= 11 is 0. The maximum Gasteiger partial charge on any atom is 0.338 e. The summed E-state index contributed by atoms with van der Waals surface area (Å²) in [5, 5.41) is 3.96. The zero-order valence-corrected chi connectivity index (χ0v) is 16.4. The molecule has 0 atom stereocenters. The van der Waals surface area contributed by atoms with Gasteiger partial charge < -0.3 is 15.2 Å². The van der Waals surface area contributed by atoms with Crippen molar-refractivity contribution in [3.63, 3.8) is 0 Å². The van der Waals surface area contributed by atoms with Crippen molar-refractivity contribution in [2.24, 2.45) is 10.8 Å². The first-order valence-electron chi connectivity index (χ1n) is 9.16. The fraction of sp³-hybridized carbons (Fsp3) is 0.0870. The van der Waals surface area contributed by atoms with Gasteiger partial charge in [0.15, 0.2) is 5.84 Å². The highest BCUT2D eigenvalue weighted by atomic mass is 16.5. The van der Waals surface area contributed by atoms with Crippen LogP contribution in [0.2, 0.25) is 0 Å². The molecular weight excluding hydrogens is 382 g/mol. The van der Waals surface area contributed by atoms with Crippen LogP contribution in [-0.2, 0) is 11.3 Å². The van der Waals surface area contributed by atoms with Gasteiger partial charge in [0.1, 0.15) is 12.4 Å². The molecule has 1 amide bonds. The molecule has 3 N–H and O–H groups in total. The summed E-state index contributed by atoms with van der Waals surface area (Å²) in [5.41, 5.74) is 10.3. The second kappa shape index (κ2) is 9.88. The second-order valence-corrected chi connectivity index (χ2v) is 6.27. The van der Waals surface area contributed by atoms with Crippen LogP contribution in [0.1, 0.15) is 31.8 Å². The van der Waals surface area contributed by atoms with Crippen molar-refractivity contribution in [1.29, 1.82) is 0 Å². The zero-order valence-electron chi connectivity index (χ0n) is 16.4. The van der Waals surface area contributed by atoms with Crippen molar-refractivity contribution in [3.8, 4) is 5.75 Å². The van der Waals surface area contributed by atoms with Gasteiger partial charge in [-0.1, -0.05) is 48.5 Å². The number of nitrogens with zero attached hydrogens (tertiary/aromatic N) is 1. The molecule has 7 nitrogen and oxygen atoms in total. The van der Waals surface area contributed by atoms with E-state index >= 15 is 0 Å². The largest absolute Gasteiger partial charge is 0.497 e. The van der Waals surface area contributed by atoms with E-state index in [4.69, 9.17) is 15.2 Å². The number of carbonyl (C=O) groups excluding carboxylic acids is 2. The third-order valence-electron chi connectivity index (χ3n) is 4.27. The molecule has 0 saturated carbocycles. The average molecular weight is 403 g/mol. The number of nitrogens with two attached hydrogens (primary N) is 1. The molecule has 7 heteroatoms. The Hall–Kier alpha value is -4.13. The Balaban J connectivity index is 1.68. The van der Waals surface area contributed by atoms with Crippen LogP contribution in [0, 0.1) is 0 Å². The standard InChI is InChI=1S/C23H21N3O4/c1-29-19-12-7-11-17(14-19)21(24)25-26-22(27)20-13-6-5-10-18(20)15-30-23(28)16-8-3-2-4-9-16/h2-14H,15H2,1H3,(H2,24,25)(H,26,27). The van der Waals surface area contributed by atoms with E-state index in [1.54, 1.807) is 79.9 Å². The molecule has 0 aliphatic carbocycles. The molecule has 3 aromatic carbocycles. The van der Waals surface area contributed by atoms with Crippen molar-refractivity contribution in [2.45, 2.75) is 6.61 Å². The van der Waals surface area contributed by atoms with E-state index in [-0.39, 0.29) is 12.4 Å². The molecule has 0 radical (unpaired) electrons. The van der Waals surface area contributed by atoms with E-state index in [2.05, 4.69) is 10.5 Å². The van der Waals surface area contributed by atoms with Crippen LogP contribution < -0.4 is 15.9 Å². The fourth-order valence-corrected chi connectivity index (χ4v) is 2.69. The van der Waals surface area contributed by atoms with Gasteiger partial charge in [-0.05, 0) is 30.3 Å². The summed E-state index contributed by atoms with van der Waals surface area (Å²) in [6, 6.07) is 22.5. The average Bonchev–Trinajstić information content (AvgIpc) is 2.81. The van der Waals surface area contributed by atoms with Crippen LogP contribution >= 0.6 is 0 Å². The Labute approximate surface area is 174 Å². The molecule has 3 rings (SSSR count). The Bertz CT molecular complexity index is 1060. The van der Waals surface area contributed by atoms with Gasteiger partial charge in [-0.15, -0.1) is 0 Å². The Morgan fingerprint density at radius 3 is 2.40 bits per heavy atom. The third-order valence-corrected chi connectivity index (χ3v) is 4.27. The summed E-state index contributed by atoms with van der Waals surface area (Å²) in [6.07, 6.45) is 0. The molecule has 0 aliphatic heterocycles. The molecular formula is C23H21N3O4. The molecule has 0 heterocycles. The SMILES string of the molecule is COc1cccc(C(N)=NNC(=O)c2ccccc2COC(=O)c2ccccc2)c1. The first-order chi connectivity index (χ1) is 14.6. The number of hydrogen-bond donors (Lipinski definition) is 2. The number of carbonyl (C=O) groups is 2. The maximum atomic E-state index is 12.6. The van der Waals surface area contributed by atoms with Gasteiger partial charge in [-0.3, -0.25) is 4.79 Å². The minimum Gasteiger partial charge on any atom is -0.497 e. The molecule has 3 aromatic rings. The van der Waals surface area contributed by atoms with Gasteiger partial charge in [0.2, 0.25) is 0 Å². The van der Waals surface area contributed by atoms with E-state index in [9.17, 15) is 9.59 Å². The molecule has 0 spiro atoms. The quantitative estimate of drug-likeness (QED) is 0.273. The lowest BCUT2D eigenvalue weighted by atomic mass is 10.1. The number of methoxy groups -OCH3 is 1. The van der Waals surface area contributed by atoms with Crippen molar-refractivity contribution in [2.75, 3.05) is 7.11 Å². The number of hydrazone groups is 1. The van der Waals surface area contributed by atoms with Gasteiger partial charge in [-0.2, -0.15) is 5.10 Å². The van der Waals surface area contributed by atoms with E-state index < -0.39 is 11.9 Å². The minimum absolute atomic E-state index is 0.0492. The Morgan fingerprint density at radius 2 is 1.63 bits per heavy atom. The van der Waals surface area contributed by atoms with Crippen LogP contribution in [0.25, 0.3) is 0 Å². The number of hydrogen-bond acceptors (Lipinski definition) is 5. The summed E-state index contributed by atoms with van der Waals surface area (Å²) in [7, 11) is 1.55. The number of amidine groups is 1. The number of amides is 1. The molecule has 0 saturated heterocycles. The molecule has 0 aliphatic rings. The predicted molar refractivity (Wildman–Crippen MR) is 113 cm³/mol. The van der Waals surface area contributed by atoms with E-state index in [1.807, 2.05) is 6.07 Å². The lowest BCUT2D eigenvalue weighted by molar-refractivity contribution is 0.0470. The van der Waals surface area contributed by atoms with Gasteiger partial charge >= 0.3 is 5.97 Å². The van der Waals surface area contributed by atoms with Gasteiger partial charge in [0.05, 0.1) is 12.7 Å². The smallest absolute Gasteiger partial charge is 0.338 e. The molecule has 30 heavy (non-hydrogen) atoms. The molecule has 0 aromatic heterocycles. The predicted octanol–water partition coefficient (Wildman–Crippen LogP) is 3.10. The minimum atomic E-state index is -0.467. The highest BCUT2D eigenvalue weighted by molar-refractivity contribution is 6.00.